The summed E-state index contributed by atoms with van der Waals surface area (Å²) in [6, 6.07) is 4.80. The second-order valence-corrected chi connectivity index (χ2v) is 4.95. The molecule has 0 atom stereocenters. The number of para-hydroxylation sites is 1. The van der Waals surface area contributed by atoms with E-state index in [1.54, 1.807) is 12.1 Å². The van der Waals surface area contributed by atoms with E-state index >= 15 is 0 Å². The Balaban J connectivity index is 2.22. The third-order valence-electron chi connectivity index (χ3n) is 2.87. The number of hydrogen-bond donors (Lipinski definition) is 2. The van der Waals surface area contributed by atoms with Crippen LogP contribution in [0, 0.1) is 5.92 Å². The molecule has 1 aromatic carbocycles. The van der Waals surface area contributed by atoms with Crippen molar-refractivity contribution in [2.24, 2.45) is 5.92 Å². The van der Waals surface area contributed by atoms with E-state index < -0.39 is 5.97 Å². The maximum absolute atomic E-state index is 12.0. The third kappa shape index (κ3) is 2.61. The van der Waals surface area contributed by atoms with E-state index in [-0.39, 0.29) is 17.4 Å². The van der Waals surface area contributed by atoms with Gasteiger partial charge in [-0.05, 0) is 40.9 Å². The molecule has 5 heteroatoms. The smallest absolute Gasteiger partial charge is 0.337 e. The molecule has 0 heterocycles. The number of allylic oxidation sites excluding steroid dienone is 2. The van der Waals surface area contributed by atoms with E-state index in [1.165, 1.54) is 6.07 Å². The van der Waals surface area contributed by atoms with Crippen molar-refractivity contribution in [3.8, 4) is 0 Å². The molecule has 0 radical (unpaired) electrons. The van der Waals surface area contributed by atoms with Crippen molar-refractivity contribution in [3.05, 3.63) is 40.4 Å². The lowest BCUT2D eigenvalue weighted by atomic mass is 10.1. The van der Waals surface area contributed by atoms with Crippen LogP contribution in [0.15, 0.2) is 34.8 Å². The zero-order valence-corrected chi connectivity index (χ0v) is 11.1. The number of benzene rings is 1. The molecule has 0 aliphatic heterocycles. The average molecular weight is 310 g/mol. The Bertz CT molecular complexity index is 517. The molecular formula is C13H12BrNO3. The monoisotopic (exact) mass is 309 g/mol. The fourth-order valence-corrected chi connectivity index (χ4v) is 2.35. The second kappa shape index (κ2) is 5.35. The Labute approximate surface area is 113 Å². The molecule has 0 aromatic heterocycles. The highest BCUT2D eigenvalue weighted by Gasteiger charge is 2.22. The predicted molar refractivity (Wildman–Crippen MR) is 71.6 cm³/mol. The van der Waals surface area contributed by atoms with Gasteiger partial charge in [0.05, 0.1) is 11.3 Å². The molecule has 1 aliphatic carbocycles. The van der Waals surface area contributed by atoms with Gasteiger partial charge in [-0.3, -0.25) is 4.79 Å². The zero-order valence-electron chi connectivity index (χ0n) is 9.52. The standard InChI is InChI=1S/C13H12BrNO3/c14-10-7-3-6-9(13(17)18)11(10)15-12(16)8-4-1-2-5-8/h1-3,6-8H,4-5H2,(H,15,16)(H,17,18). The third-order valence-corrected chi connectivity index (χ3v) is 3.53. The van der Waals surface area contributed by atoms with Crippen LogP contribution in [0.3, 0.4) is 0 Å². The van der Waals surface area contributed by atoms with Gasteiger partial charge in [-0.2, -0.15) is 0 Å². The highest BCUT2D eigenvalue weighted by atomic mass is 79.9. The maximum Gasteiger partial charge on any atom is 0.337 e. The van der Waals surface area contributed by atoms with Crippen LogP contribution >= 0.6 is 15.9 Å². The number of anilines is 1. The predicted octanol–water partition coefficient (Wildman–Crippen LogP) is 3.05. The first-order chi connectivity index (χ1) is 8.59. The topological polar surface area (TPSA) is 66.4 Å². The highest BCUT2D eigenvalue weighted by molar-refractivity contribution is 9.10. The lowest BCUT2D eigenvalue weighted by molar-refractivity contribution is -0.119. The lowest BCUT2D eigenvalue weighted by Crippen LogP contribution is -2.22. The molecule has 0 fully saturated rings. The summed E-state index contributed by atoms with van der Waals surface area (Å²) in [5.74, 6) is -1.30. The van der Waals surface area contributed by atoms with Crippen molar-refractivity contribution >= 4 is 33.5 Å². The van der Waals surface area contributed by atoms with Gasteiger partial charge in [0.1, 0.15) is 0 Å². The molecule has 0 spiro atoms. The minimum absolute atomic E-state index is 0.0867. The Morgan fingerprint density at radius 3 is 2.56 bits per heavy atom. The number of rotatable bonds is 3. The SMILES string of the molecule is O=C(O)c1cccc(Br)c1NC(=O)C1CC=CC1. The summed E-state index contributed by atoms with van der Waals surface area (Å²) in [5.41, 5.74) is 0.408. The van der Waals surface area contributed by atoms with Crippen LogP contribution in [0.25, 0.3) is 0 Å². The van der Waals surface area contributed by atoms with Gasteiger partial charge in [0.2, 0.25) is 5.91 Å². The normalized spacial score (nSPS) is 14.7. The first-order valence-electron chi connectivity index (χ1n) is 5.57. The van der Waals surface area contributed by atoms with Gasteiger partial charge < -0.3 is 10.4 Å². The quantitative estimate of drug-likeness (QED) is 0.843. The van der Waals surface area contributed by atoms with Crippen LogP contribution < -0.4 is 5.32 Å². The fourth-order valence-electron chi connectivity index (χ4n) is 1.89. The van der Waals surface area contributed by atoms with E-state index in [1.807, 2.05) is 12.2 Å². The van der Waals surface area contributed by atoms with Gasteiger partial charge in [-0.15, -0.1) is 0 Å². The van der Waals surface area contributed by atoms with Crippen LogP contribution in [0.5, 0.6) is 0 Å². The second-order valence-electron chi connectivity index (χ2n) is 4.10. The van der Waals surface area contributed by atoms with Gasteiger partial charge in [-0.25, -0.2) is 4.79 Å². The molecule has 1 aliphatic rings. The van der Waals surface area contributed by atoms with Gasteiger partial charge >= 0.3 is 5.97 Å². The minimum atomic E-state index is -1.06. The first kappa shape index (κ1) is 12.8. The number of carboxylic acid groups (broad SMARTS) is 1. The van der Waals surface area contributed by atoms with E-state index in [0.29, 0.717) is 23.0 Å². The van der Waals surface area contributed by atoms with Crippen LogP contribution in [-0.2, 0) is 4.79 Å². The average Bonchev–Trinajstić information content (AvgIpc) is 2.85. The number of hydrogen-bond acceptors (Lipinski definition) is 2. The van der Waals surface area contributed by atoms with Crippen molar-refractivity contribution < 1.29 is 14.7 Å². The Hall–Kier alpha value is -1.62. The molecule has 18 heavy (non-hydrogen) atoms. The number of carboxylic acids is 1. The maximum atomic E-state index is 12.0. The fraction of sp³-hybridized carbons (Fsp3) is 0.231. The summed E-state index contributed by atoms with van der Waals surface area (Å²) in [6.45, 7) is 0. The number of carbonyl (C=O) groups is 2. The van der Waals surface area contributed by atoms with Crippen LogP contribution in [0.1, 0.15) is 23.2 Å². The van der Waals surface area contributed by atoms with Crippen LogP contribution in [0.2, 0.25) is 0 Å². The van der Waals surface area contributed by atoms with Crippen molar-refractivity contribution in [1.82, 2.24) is 0 Å². The van der Waals surface area contributed by atoms with Crippen molar-refractivity contribution in [3.63, 3.8) is 0 Å². The lowest BCUT2D eigenvalue weighted by Gasteiger charge is -2.13. The summed E-state index contributed by atoms with van der Waals surface area (Å²) in [7, 11) is 0. The molecular weight excluding hydrogens is 298 g/mol. The molecule has 4 nitrogen and oxygen atoms in total. The first-order valence-corrected chi connectivity index (χ1v) is 6.36. The number of nitrogens with one attached hydrogen (secondary N) is 1. The molecule has 2 N–H and O–H groups in total. The summed E-state index contributed by atoms with van der Waals surface area (Å²) in [4.78, 5) is 23.1. The summed E-state index contributed by atoms with van der Waals surface area (Å²) in [5, 5.41) is 11.8. The summed E-state index contributed by atoms with van der Waals surface area (Å²) in [6.07, 6.45) is 5.34. The Morgan fingerprint density at radius 1 is 1.28 bits per heavy atom. The van der Waals surface area contributed by atoms with Crippen molar-refractivity contribution in [1.29, 1.82) is 0 Å². The van der Waals surface area contributed by atoms with E-state index in [2.05, 4.69) is 21.2 Å². The minimum Gasteiger partial charge on any atom is -0.478 e. The number of halogens is 1. The van der Waals surface area contributed by atoms with Crippen molar-refractivity contribution in [2.45, 2.75) is 12.8 Å². The van der Waals surface area contributed by atoms with Crippen LogP contribution in [0.4, 0.5) is 5.69 Å². The molecule has 0 unspecified atom stereocenters. The van der Waals surface area contributed by atoms with Gasteiger partial charge in [0.15, 0.2) is 0 Å². The largest absolute Gasteiger partial charge is 0.478 e. The Morgan fingerprint density at radius 2 is 1.94 bits per heavy atom. The molecule has 1 aromatic rings. The number of aromatic carboxylic acids is 1. The van der Waals surface area contributed by atoms with E-state index in [0.717, 1.165) is 0 Å². The Kier molecular flexibility index (Phi) is 3.81. The molecule has 94 valence electrons. The van der Waals surface area contributed by atoms with E-state index in [4.69, 9.17) is 5.11 Å². The molecule has 1 amide bonds. The summed E-state index contributed by atoms with van der Waals surface area (Å²) < 4.78 is 0.571. The zero-order chi connectivity index (χ0) is 13.1. The van der Waals surface area contributed by atoms with E-state index in [9.17, 15) is 9.59 Å². The van der Waals surface area contributed by atoms with Crippen molar-refractivity contribution in [2.75, 3.05) is 5.32 Å². The van der Waals surface area contributed by atoms with Gasteiger partial charge in [-0.1, -0.05) is 18.2 Å². The number of carbonyl (C=O) groups excluding carboxylic acids is 1. The summed E-state index contributed by atoms with van der Waals surface area (Å²) >= 11 is 3.26. The molecule has 0 saturated carbocycles. The highest BCUT2D eigenvalue weighted by Crippen LogP contribution is 2.28. The molecule has 0 saturated heterocycles. The van der Waals surface area contributed by atoms with Gasteiger partial charge in [0, 0.05) is 10.4 Å². The molecule has 2 rings (SSSR count). The van der Waals surface area contributed by atoms with Crippen LogP contribution in [-0.4, -0.2) is 17.0 Å². The van der Waals surface area contributed by atoms with Gasteiger partial charge in [0.25, 0.3) is 0 Å². The molecule has 0 bridgehead atoms. The number of amides is 1.